The molecule has 0 bridgehead atoms. The van der Waals surface area contributed by atoms with E-state index in [0.29, 0.717) is 28.7 Å². The largest absolute Gasteiger partial charge is 0.454 e. The summed E-state index contributed by atoms with van der Waals surface area (Å²) in [7, 11) is 0. The van der Waals surface area contributed by atoms with Crippen LogP contribution in [0.15, 0.2) is 60.9 Å². The van der Waals surface area contributed by atoms with Crippen molar-refractivity contribution in [2.45, 2.75) is 19.9 Å². The highest BCUT2D eigenvalue weighted by Crippen LogP contribution is 2.35. The molecule has 0 atom stereocenters. The summed E-state index contributed by atoms with van der Waals surface area (Å²) in [6.07, 6.45) is 4.38. The molecule has 6 nitrogen and oxygen atoms in total. The molecule has 0 fully saturated rings. The molecule has 3 heterocycles. The van der Waals surface area contributed by atoms with Gasteiger partial charge in [0.05, 0.1) is 16.8 Å². The lowest BCUT2D eigenvalue weighted by atomic mass is 10.1. The normalized spacial score (nSPS) is 12.3. The van der Waals surface area contributed by atoms with Crippen LogP contribution in [0, 0.1) is 0 Å². The molecular formula is C23H19N3O3S. The molecule has 0 unspecified atom stereocenters. The van der Waals surface area contributed by atoms with Crippen LogP contribution in [0.2, 0.25) is 0 Å². The summed E-state index contributed by atoms with van der Waals surface area (Å²) in [5.41, 5.74) is 3.58. The van der Waals surface area contributed by atoms with Crippen LogP contribution < -0.4 is 14.4 Å². The second-order valence-electron chi connectivity index (χ2n) is 6.93. The Morgan fingerprint density at radius 3 is 2.87 bits per heavy atom. The van der Waals surface area contributed by atoms with E-state index in [-0.39, 0.29) is 12.7 Å². The van der Waals surface area contributed by atoms with Gasteiger partial charge < -0.3 is 9.47 Å². The molecule has 0 radical (unpaired) electrons. The third-order valence-electron chi connectivity index (χ3n) is 5.03. The maximum Gasteiger partial charge on any atom is 0.260 e. The fourth-order valence-corrected chi connectivity index (χ4v) is 4.49. The topological polar surface area (TPSA) is 64.6 Å². The van der Waals surface area contributed by atoms with Crippen LogP contribution in [0.5, 0.6) is 11.5 Å². The summed E-state index contributed by atoms with van der Waals surface area (Å²) in [5, 5.41) is 0.664. The zero-order valence-electron chi connectivity index (χ0n) is 16.4. The monoisotopic (exact) mass is 417 g/mol. The van der Waals surface area contributed by atoms with Crippen molar-refractivity contribution in [2.24, 2.45) is 0 Å². The Hall–Kier alpha value is -3.45. The van der Waals surface area contributed by atoms with Gasteiger partial charge in [-0.15, -0.1) is 0 Å². The number of anilines is 1. The van der Waals surface area contributed by atoms with Gasteiger partial charge in [-0.25, -0.2) is 4.98 Å². The number of aryl methyl sites for hydroxylation is 1. The molecule has 0 N–H and O–H groups in total. The lowest BCUT2D eigenvalue weighted by molar-refractivity contribution is 0.0984. The zero-order valence-corrected chi connectivity index (χ0v) is 17.2. The number of thiazole rings is 1. The molecule has 150 valence electrons. The molecule has 7 heteroatoms. The number of aromatic nitrogens is 2. The molecule has 30 heavy (non-hydrogen) atoms. The minimum Gasteiger partial charge on any atom is -0.454 e. The lowest BCUT2D eigenvalue weighted by Gasteiger charge is -2.20. The Balaban J connectivity index is 1.57. The second-order valence-corrected chi connectivity index (χ2v) is 7.94. The van der Waals surface area contributed by atoms with Gasteiger partial charge in [0.2, 0.25) is 6.79 Å². The first-order valence-corrected chi connectivity index (χ1v) is 10.5. The highest BCUT2D eigenvalue weighted by molar-refractivity contribution is 7.22. The highest BCUT2D eigenvalue weighted by Gasteiger charge is 2.24. The smallest absolute Gasteiger partial charge is 0.260 e. The summed E-state index contributed by atoms with van der Waals surface area (Å²) in [6, 6.07) is 15.2. The van der Waals surface area contributed by atoms with E-state index in [2.05, 4.69) is 18.0 Å². The maximum atomic E-state index is 13.6. The van der Waals surface area contributed by atoms with Crippen molar-refractivity contribution in [3.05, 3.63) is 77.6 Å². The van der Waals surface area contributed by atoms with E-state index >= 15 is 0 Å². The van der Waals surface area contributed by atoms with E-state index in [0.717, 1.165) is 22.2 Å². The number of benzene rings is 2. The fraction of sp³-hybridized carbons (Fsp3) is 0.174. The first kappa shape index (κ1) is 18.6. The molecule has 5 rings (SSSR count). The Bertz CT molecular complexity index is 1220. The molecule has 4 aromatic rings. The van der Waals surface area contributed by atoms with Gasteiger partial charge in [0.25, 0.3) is 5.91 Å². The van der Waals surface area contributed by atoms with Crippen molar-refractivity contribution < 1.29 is 14.3 Å². The fourth-order valence-electron chi connectivity index (χ4n) is 3.48. The van der Waals surface area contributed by atoms with Gasteiger partial charge in [0, 0.05) is 18.0 Å². The maximum absolute atomic E-state index is 13.6. The number of rotatable bonds is 5. The average Bonchev–Trinajstić information content (AvgIpc) is 3.43. The number of hydrogen-bond donors (Lipinski definition) is 0. The Morgan fingerprint density at radius 2 is 2.03 bits per heavy atom. The second kappa shape index (κ2) is 7.76. The van der Waals surface area contributed by atoms with Crippen molar-refractivity contribution in [1.29, 1.82) is 0 Å². The molecule has 0 spiro atoms. The van der Waals surface area contributed by atoms with Gasteiger partial charge in [0.1, 0.15) is 0 Å². The number of hydrogen-bond acceptors (Lipinski definition) is 6. The van der Waals surface area contributed by atoms with Crippen molar-refractivity contribution in [3.63, 3.8) is 0 Å². The van der Waals surface area contributed by atoms with Crippen LogP contribution in [0.1, 0.15) is 28.4 Å². The van der Waals surface area contributed by atoms with Crippen molar-refractivity contribution >= 4 is 32.6 Å². The minimum atomic E-state index is -0.144. The van der Waals surface area contributed by atoms with Crippen LogP contribution in [-0.2, 0) is 13.0 Å². The van der Waals surface area contributed by atoms with Crippen molar-refractivity contribution in [2.75, 3.05) is 11.7 Å². The molecular weight excluding hydrogens is 398 g/mol. The first-order valence-electron chi connectivity index (χ1n) is 9.72. The van der Waals surface area contributed by atoms with Crippen molar-refractivity contribution in [1.82, 2.24) is 9.97 Å². The average molecular weight is 417 g/mol. The Labute approximate surface area is 177 Å². The molecule has 1 aliphatic rings. The molecule has 0 saturated heterocycles. The standard InChI is InChI=1S/C23H19N3O3S/c1-2-16-6-3-7-20-21(16)25-23(30-20)26(13-15-5-4-10-24-12-15)22(27)17-8-9-18-19(11-17)29-14-28-18/h3-12H,2,13-14H2,1H3. The summed E-state index contributed by atoms with van der Waals surface area (Å²) < 4.78 is 11.9. The van der Waals surface area contributed by atoms with Gasteiger partial charge in [-0.2, -0.15) is 0 Å². The number of nitrogens with zero attached hydrogens (tertiary/aromatic N) is 3. The van der Waals surface area contributed by atoms with Crippen LogP contribution in [0.25, 0.3) is 10.2 Å². The molecule has 1 aliphatic heterocycles. The summed E-state index contributed by atoms with van der Waals surface area (Å²) in [4.78, 5) is 24.3. The van der Waals surface area contributed by atoms with Gasteiger partial charge >= 0.3 is 0 Å². The van der Waals surface area contributed by atoms with Gasteiger partial charge in [-0.1, -0.05) is 36.5 Å². The molecule has 0 aliphatic carbocycles. The number of amides is 1. The lowest BCUT2D eigenvalue weighted by Crippen LogP contribution is -2.30. The first-order chi connectivity index (χ1) is 14.7. The summed E-state index contributed by atoms with van der Waals surface area (Å²) >= 11 is 1.52. The van der Waals surface area contributed by atoms with Gasteiger partial charge in [0.15, 0.2) is 16.6 Å². The quantitative estimate of drug-likeness (QED) is 0.465. The van der Waals surface area contributed by atoms with E-state index in [1.807, 2.05) is 24.3 Å². The summed E-state index contributed by atoms with van der Waals surface area (Å²) in [5.74, 6) is 1.09. The number of para-hydroxylation sites is 1. The van der Waals surface area contributed by atoms with Gasteiger partial charge in [-0.05, 0) is 47.9 Å². The molecule has 1 amide bonds. The number of fused-ring (bicyclic) bond motifs is 2. The Morgan fingerprint density at radius 1 is 1.13 bits per heavy atom. The predicted octanol–water partition coefficient (Wildman–Crippen LogP) is 4.83. The van der Waals surface area contributed by atoms with E-state index < -0.39 is 0 Å². The summed E-state index contributed by atoms with van der Waals surface area (Å²) in [6.45, 7) is 2.66. The van der Waals surface area contributed by atoms with Crippen LogP contribution in [0.3, 0.4) is 0 Å². The molecule has 2 aromatic heterocycles. The SMILES string of the molecule is CCc1cccc2sc(N(Cc3cccnc3)C(=O)c3ccc4c(c3)OCO4)nc12. The number of carbonyl (C=O) groups excluding carboxylic acids is 1. The van der Waals surface area contributed by atoms with Gasteiger partial charge in [-0.3, -0.25) is 14.7 Å². The van der Waals surface area contributed by atoms with E-state index in [1.165, 1.54) is 16.9 Å². The zero-order chi connectivity index (χ0) is 20.5. The van der Waals surface area contributed by atoms with Crippen LogP contribution >= 0.6 is 11.3 Å². The number of pyridine rings is 1. The van der Waals surface area contributed by atoms with Crippen LogP contribution in [-0.4, -0.2) is 22.7 Å². The van der Waals surface area contributed by atoms with Crippen molar-refractivity contribution in [3.8, 4) is 11.5 Å². The van der Waals surface area contributed by atoms with Crippen LogP contribution in [0.4, 0.5) is 5.13 Å². The minimum absolute atomic E-state index is 0.144. The predicted molar refractivity (Wildman–Crippen MR) is 116 cm³/mol. The molecule has 0 saturated carbocycles. The van der Waals surface area contributed by atoms with E-state index in [4.69, 9.17) is 14.5 Å². The van der Waals surface area contributed by atoms with E-state index in [1.54, 1.807) is 35.5 Å². The number of ether oxygens (including phenoxy) is 2. The molecule has 2 aromatic carbocycles. The number of carbonyl (C=O) groups is 1. The third kappa shape index (κ3) is 3.37. The highest BCUT2D eigenvalue weighted by atomic mass is 32.1. The third-order valence-corrected chi connectivity index (χ3v) is 6.07. The van der Waals surface area contributed by atoms with E-state index in [9.17, 15) is 4.79 Å². The Kier molecular flexibility index (Phi) is 4.80.